The Kier molecular flexibility index (Phi) is 7.52. The fourth-order valence-corrected chi connectivity index (χ4v) is 0.202. The molecule has 0 unspecified atom stereocenters. The molecule has 0 rings (SSSR count). The van der Waals surface area contributed by atoms with Gasteiger partial charge in [-0.05, 0) is 0 Å². The summed E-state index contributed by atoms with van der Waals surface area (Å²) < 4.78 is 3.97. The first-order valence-electron chi connectivity index (χ1n) is 2.74. The van der Waals surface area contributed by atoms with Crippen LogP contribution in [0.3, 0.4) is 0 Å². The fraction of sp³-hybridized carbons (Fsp3) is 0.500. The largest absolute Gasteiger partial charge is 0.481 e. The molecule has 0 radical (unpaired) electrons. The molecule has 11 heavy (non-hydrogen) atoms. The van der Waals surface area contributed by atoms with Crippen LogP contribution < -0.4 is 0 Å². The number of carboxylic acid groups (broad SMARTS) is 1. The maximum atomic E-state index is 9.81. The quantitative estimate of drug-likeness (QED) is 0.406. The van der Waals surface area contributed by atoms with E-state index in [0.29, 0.717) is 0 Å². The van der Waals surface area contributed by atoms with Crippen molar-refractivity contribution in [3.05, 3.63) is 0 Å². The Morgan fingerprint density at radius 3 is 1.18 bits per heavy atom. The van der Waals surface area contributed by atoms with Gasteiger partial charge in [-0.1, -0.05) is 0 Å². The molecular weight excluding hydrogens is 152 g/mol. The highest BCUT2D eigenvalue weighted by Crippen LogP contribution is 1.73. The van der Waals surface area contributed by atoms with Crippen LogP contribution in [-0.4, -0.2) is 23.0 Å². The van der Waals surface area contributed by atoms with Gasteiger partial charge in [-0.2, -0.15) is 0 Å². The molecule has 0 aliphatic heterocycles. The zero-order valence-corrected chi connectivity index (χ0v) is 6.58. The molecular formula is C6H10O5. The van der Waals surface area contributed by atoms with Gasteiger partial charge >= 0.3 is 11.9 Å². The Morgan fingerprint density at radius 2 is 1.18 bits per heavy atom. The molecule has 0 saturated heterocycles. The molecule has 1 N–H and O–H groups in total. The number of hydrogen-bond acceptors (Lipinski definition) is 4. The second-order valence-corrected chi connectivity index (χ2v) is 1.60. The summed E-state index contributed by atoms with van der Waals surface area (Å²) >= 11 is 0. The first kappa shape index (κ1) is 12.3. The molecule has 0 spiro atoms. The minimum atomic E-state index is -0.833. The number of rotatable bonds is 0. The van der Waals surface area contributed by atoms with E-state index >= 15 is 0 Å². The van der Waals surface area contributed by atoms with Crippen molar-refractivity contribution in [3.63, 3.8) is 0 Å². The van der Waals surface area contributed by atoms with Crippen molar-refractivity contribution < 1.29 is 24.2 Å². The minimum absolute atomic E-state index is 0.562. The van der Waals surface area contributed by atoms with E-state index in [1.165, 1.54) is 13.8 Å². The topological polar surface area (TPSA) is 80.7 Å². The maximum Gasteiger partial charge on any atom is 0.310 e. The van der Waals surface area contributed by atoms with Crippen LogP contribution in [0.4, 0.5) is 0 Å². The van der Waals surface area contributed by atoms with Crippen LogP contribution in [0, 0.1) is 0 Å². The number of carboxylic acids is 1. The van der Waals surface area contributed by atoms with Gasteiger partial charge in [0.1, 0.15) is 0 Å². The predicted octanol–water partition coefficient (Wildman–Crippen LogP) is 0.187. The number of esters is 2. The van der Waals surface area contributed by atoms with E-state index < -0.39 is 17.9 Å². The summed E-state index contributed by atoms with van der Waals surface area (Å²) in [5.41, 5.74) is 0. The first-order valence-corrected chi connectivity index (χ1v) is 2.74. The highest BCUT2D eigenvalue weighted by atomic mass is 16.6. The summed E-state index contributed by atoms with van der Waals surface area (Å²) in [5, 5.41) is 7.42. The molecule has 5 nitrogen and oxygen atoms in total. The van der Waals surface area contributed by atoms with Crippen LogP contribution in [-0.2, 0) is 19.1 Å². The molecule has 0 heterocycles. The summed E-state index contributed by atoms with van der Waals surface area (Å²) in [6, 6.07) is 0. The van der Waals surface area contributed by atoms with E-state index in [1.54, 1.807) is 0 Å². The van der Waals surface area contributed by atoms with Gasteiger partial charge in [-0.15, -0.1) is 0 Å². The molecule has 0 aliphatic carbocycles. The molecule has 0 atom stereocenters. The Balaban J connectivity index is 0. The third kappa shape index (κ3) is 55.2. The first-order chi connectivity index (χ1) is 4.86. The number of carbonyl (C=O) groups is 3. The van der Waals surface area contributed by atoms with Crippen molar-refractivity contribution in [2.75, 3.05) is 0 Å². The number of ether oxygens (including phenoxy) is 1. The number of carbonyl (C=O) groups excluding carboxylic acids is 2. The average Bonchev–Trinajstić information content (AvgIpc) is 1.56. The van der Waals surface area contributed by atoms with Crippen LogP contribution in [0.2, 0.25) is 0 Å². The molecule has 0 aromatic heterocycles. The summed E-state index contributed by atoms with van der Waals surface area (Å²) in [5.74, 6) is -1.96. The van der Waals surface area contributed by atoms with Gasteiger partial charge in [0.25, 0.3) is 5.97 Å². The van der Waals surface area contributed by atoms with E-state index in [1.807, 2.05) is 0 Å². The van der Waals surface area contributed by atoms with Crippen molar-refractivity contribution in [1.82, 2.24) is 0 Å². The van der Waals surface area contributed by atoms with Crippen molar-refractivity contribution >= 4 is 17.9 Å². The molecule has 0 amide bonds. The lowest BCUT2D eigenvalue weighted by Crippen LogP contribution is -2.03. The maximum absolute atomic E-state index is 9.81. The van der Waals surface area contributed by atoms with Crippen molar-refractivity contribution in [1.29, 1.82) is 0 Å². The molecule has 0 aromatic rings. The van der Waals surface area contributed by atoms with Gasteiger partial charge < -0.3 is 9.84 Å². The third-order valence-electron chi connectivity index (χ3n) is 0.287. The molecule has 0 aromatic carbocycles. The van der Waals surface area contributed by atoms with Gasteiger partial charge in [0.2, 0.25) is 0 Å². The van der Waals surface area contributed by atoms with Crippen LogP contribution in [0.15, 0.2) is 0 Å². The van der Waals surface area contributed by atoms with Gasteiger partial charge in [0, 0.05) is 20.8 Å². The number of hydrogen-bond donors (Lipinski definition) is 1. The minimum Gasteiger partial charge on any atom is -0.481 e. The SMILES string of the molecule is CC(=O)O.CC(=O)OC(C)=O. The highest BCUT2D eigenvalue weighted by molar-refractivity contribution is 5.82. The second kappa shape index (κ2) is 6.73. The Labute approximate surface area is 64.0 Å². The molecule has 0 saturated carbocycles. The third-order valence-corrected chi connectivity index (χ3v) is 0.287. The Hall–Kier alpha value is -1.39. The summed E-state index contributed by atoms with van der Waals surface area (Å²) in [6.45, 7) is 3.45. The molecule has 0 aliphatic rings. The fourth-order valence-electron chi connectivity index (χ4n) is 0.202. The van der Waals surface area contributed by atoms with E-state index in [2.05, 4.69) is 4.74 Å². The molecule has 0 bridgehead atoms. The zero-order valence-electron chi connectivity index (χ0n) is 6.58. The van der Waals surface area contributed by atoms with Gasteiger partial charge in [-0.25, -0.2) is 0 Å². The van der Waals surface area contributed by atoms with Gasteiger partial charge in [0.15, 0.2) is 0 Å². The Morgan fingerprint density at radius 1 is 1.00 bits per heavy atom. The standard InChI is InChI=1S/C4H6O3.C2H4O2/c1-3(5)7-4(2)6;1-2(3)4/h1-2H3;1H3,(H,3,4). The Bertz CT molecular complexity index is 144. The average molecular weight is 162 g/mol. The monoisotopic (exact) mass is 162 g/mol. The highest BCUT2D eigenvalue weighted by Gasteiger charge is 1.93. The lowest BCUT2D eigenvalue weighted by atomic mass is 10.7. The lowest BCUT2D eigenvalue weighted by molar-refractivity contribution is -0.156. The van der Waals surface area contributed by atoms with E-state index in [-0.39, 0.29) is 0 Å². The van der Waals surface area contributed by atoms with Crippen LogP contribution in [0.1, 0.15) is 20.8 Å². The molecule has 5 heteroatoms. The summed E-state index contributed by atoms with van der Waals surface area (Å²) in [6.07, 6.45) is 0. The molecule has 0 fully saturated rings. The van der Waals surface area contributed by atoms with Gasteiger partial charge in [0.05, 0.1) is 0 Å². The van der Waals surface area contributed by atoms with Crippen molar-refractivity contribution in [3.8, 4) is 0 Å². The lowest BCUT2D eigenvalue weighted by Gasteiger charge is -1.87. The van der Waals surface area contributed by atoms with E-state index in [0.717, 1.165) is 6.92 Å². The van der Waals surface area contributed by atoms with Crippen LogP contribution in [0.5, 0.6) is 0 Å². The van der Waals surface area contributed by atoms with Crippen LogP contribution in [0.25, 0.3) is 0 Å². The summed E-state index contributed by atoms with van der Waals surface area (Å²) in [7, 11) is 0. The predicted molar refractivity (Wildman–Crippen MR) is 35.8 cm³/mol. The van der Waals surface area contributed by atoms with Crippen molar-refractivity contribution in [2.24, 2.45) is 0 Å². The normalized spacial score (nSPS) is 7.18. The van der Waals surface area contributed by atoms with Crippen molar-refractivity contribution in [2.45, 2.75) is 20.8 Å². The van der Waals surface area contributed by atoms with E-state index in [4.69, 9.17) is 9.90 Å². The zero-order chi connectivity index (χ0) is 9.44. The number of aliphatic carboxylic acids is 1. The second-order valence-electron chi connectivity index (χ2n) is 1.60. The smallest absolute Gasteiger partial charge is 0.310 e. The van der Waals surface area contributed by atoms with Gasteiger partial charge in [-0.3, -0.25) is 14.4 Å². The van der Waals surface area contributed by atoms with E-state index in [9.17, 15) is 9.59 Å². The van der Waals surface area contributed by atoms with Crippen LogP contribution >= 0.6 is 0 Å². The summed E-state index contributed by atoms with van der Waals surface area (Å²) in [4.78, 5) is 28.6. The molecule has 64 valence electrons.